The molecular weight excluding hydrogens is 1070 g/mol. The molecule has 2 aromatic heterocycles. The van der Waals surface area contributed by atoms with Crippen molar-refractivity contribution in [1.82, 2.24) is 0 Å². The Hall–Kier alpha value is -5.33. The number of thiophene rings is 2. The molecule has 4 heterocycles. The number of aryl methyl sites for hydroxylation is 7. The largest absolute Gasteiger partial charge is 0.338 e. The maximum absolute atomic E-state index is 10.5. The highest BCUT2D eigenvalue weighted by atomic mass is 32.2. The third-order valence-electron chi connectivity index (χ3n) is 15.2. The molecule has 1 atom stereocenters. The Morgan fingerprint density at radius 2 is 1.18 bits per heavy atom. The van der Waals surface area contributed by atoms with Crippen molar-refractivity contribution in [2.75, 3.05) is 23.4 Å². The Bertz CT molecular complexity index is 3730. The lowest BCUT2D eigenvalue weighted by atomic mass is 9.75. The Labute approximate surface area is 488 Å². The van der Waals surface area contributed by atoms with Crippen molar-refractivity contribution in [3.8, 4) is 0 Å². The minimum atomic E-state index is -4.02. The van der Waals surface area contributed by atoms with Crippen LogP contribution in [0, 0.1) is 52.9 Å². The van der Waals surface area contributed by atoms with E-state index in [-0.39, 0.29) is 10.3 Å². The average molecular weight is 1140 g/mol. The summed E-state index contributed by atoms with van der Waals surface area (Å²) >= 11 is 7.74. The summed E-state index contributed by atoms with van der Waals surface area (Å²) in [5.41, 5.74) is 18.0. The van der Waals surface area contributed by atoms with E-state index in [9.17, 15) is 8.42 Å². The molecule has 10 heteroatoms. The summed E-state index contributed by atoms with van der Waals surface area (Å²) in [5.74, 6) is 0.668. The first kappa shape index (κ1) is 58.3. The van der Waals surface area contributed by atoms with Crippen molar-refractivity contribution >= 4 is 100 Å². The molecule has 0 saturated heterocycles. The van der Waals surface area contributed by atoms with Crippen molar-refractivity contribution in [2.24, 2.45) is 11.3 Å². The maximum Gasteiger partial charge on any atom is 0.294 e. The molecule has 2 aliphatic heterocycles. The third kappa shape index (κ3) is 14.2. The number of allylic oxidation sites excluding steroid dienone is 8. The number of benzene rings is 5. The van der Waals surface area contributed by atoms with Gasteiger partial charge in [-0.3, -0.25) is 4.55 Å². The van der Waals surface area contributed by atoms with E-state index in [1.165, 1.54) is 148 Å². The topological polar surface area (TPSA) is 60.9 Å². The molecule has 2 aliphatic carbocycles. The van der Waals surface area contributed by atoms with Crippen LogP contribution < -0.4 is 9.80 Å². The smallest absolute Gasteiger partial charge is 0.294 e. The second-order valence-corrected chi connectivity index (χ2v) is 28.8. The van der Waals surface area contributed by atoms with E-state index >= 15 is 0 Å². The van der Waals surface area contributed by atoms with E-state index in [0.29, 0.717) is 5.92 Å². The molecular formula is C69H78N2O3S5. The van der Waals surface area contributed by atoms with Crippen LogP contribution in [0.25, 0.3) is 32.3 Å². The number of rotatable bonds is 10. The lowest BCUT2D eigenvalue weighted by Gasteiger charge is -2.31. The molecule has 0 amide bonds. The lowest BCUT2D eigenvalue weighted by molar-refractivity contribution is 0.356. The zero-order chi connectivity index (χ0) is 56.3. The van der Waals surface area contributed by atoms with Crippen LogP contribution in [-0.4, -0.2) is 26.6 Å². The fourth-order valence-corrected chi connectivity index (χ4v) is 16.8. The molecule has 0 fully saturated rings. The summed E-state index contributed by atoms with van der Waals surface area (Å²) < 4.78 is 32.4. The van der Waals surface area contributed by atoms with Crippen LogP contribution in [0.3, 0.4) is 0 Å². The van der Waals surface area contributed by atoms with Gasteiger partial charge < -0.3 is 9.80 Å². The van der Waals surface area contributed by atoms with Gasteiger partial charge in [0.1, 0.15) is 0 Å². The van der Waals surface area contributed by atoms with E-state index in [4.69, 9.17) is 4.55 Å². The minimum absolute atomic E-state index is 0.0666. The summed E-state index contributed by atoms with van der Waals surface area (Å²) in [7, 11) is -1.83. The van der Waals surface area contributed by atoms with E-state index in [1.54, 1.807) is 12.1 Å². The van der Waals surface area contributed by atoms with Gasteiger partial charge in [0, 0.05) is 42.5 Å². The summed E-state index contributed by atoms with van der Waals surface area (Å²) in [6.45, 7) is 25.8. The van der Waals surface area contributed by atoms with Crippen molar-refractivity contribution in [3.63, 3.8) is 0 Å². The molecule has 4 aliphatic rings. The van der Waals surface area contributed by atoms with E-state index in [1.807, 2.05) is 53.1 Å². The highest BCUT2D eigenvalue weighted by Gasteiger charge is 2.30. The van der Waals surface area contributed by atoms with Gasteiger partial charge in [0.25, 0.3) is 10.1 Å². The zero-order valence-electron chi connectivity index (χ0n) is 48.3. The van der Waals surface area contributed by atoms with Crippen molar-refractivity contribution in [2.45, 2.75) is 142 Å². The summed E-state index contributed by atoms with van der Waals surface area (Å²) in [6, 6.07) is 33.4. The molecule has 5 aromatic carbocycles. The number of unbranched alkanes of at least 4 members (excludes halogenated alkanes) is 2. The molecule has 1 unspecified atom stereocenters. The quantitative estimate of drug-likeness (QED) is 0.108. The van der Waals surface area contributed by atoms with E-state index < -0.39 is 10.1 Å². The van der Waals surface area contributed by atoms with Gasteiger partial charge >= 0.3 is 0 Å². The Morgan fingerprint density at radius 3 is 1.85 bits per heavy atom. The predicted molar refractivity (Wildman–Crippen MR) is 347 cm³/mol. The molecule has 0 saturated carbocycles. The second kappa shape index (κ2) is 24.8. The van der Waals surface area contributed by atoms with Gasteiger partial charge in [0.15, 0.2) is 0 Å². The summed E-state index contributed by atoms with van der Waals surface area (Å²) in [6.07, 6.45) is 24.2. The molecule has 79 heavy (non-hydrogen) atoms. The highest BCUT2D eigenvalue weighted by molar-refractivity contribution is 8.04. The van der Waals surface area contributed by atoms with Gasteiger partial charge in [-0.2, -0.15) is 8.42 Å². The molecule has 412 valence electrons. The number of nitrogens with zero attached hydrogens (tertiary/aromatic N) is 2. The lowest BCUT2D eigenvalue weighted by Crippen LogP contribution is -2.20. The Balaban J connectivity index is 0.000000162. The first-order chi connectivity index (χ1) is 37.6. The second-order valence-electron chi connectivity index (χ2n) is 23.1. The number of anilines is 2. The normalized spacial score (nSPS) is 18.9. The molecule has 5 nitrogen and oxygen atoms in total. The van der Waals surface area contributed by atoms with Crippen molar-refractivity contribution in [3.05, 3.63) is 202 Å². The zero-order valence-corrected chi connectivity index (χ0v) is 52.4. The molecule has 0 radical (unpaired) electrons. The standard InChI is InChI=1S/C34H41NS2.C28H29NS2.C7H8O3S/c1-7-9-10-15-35-29-14-12-24(4)17-32(29)37-33(35)20-26-18-25(21-34(5,6)22-26)19-31-27(8-2)28-13-11-23(3)16-30(28)36-31;1-17-6-8-23-20(4)25(30-26(23)12-17)15-21-10-19(3)11-22(14-21)16-28-29(5)24-9-7-18(2)13-27(24)31-28;1-6-2-4-7(5-3-6)11(8,9)10/h11-14,16-20H,7-10,15,21-22H2,1-6H3;6-9,12-16,19H,10-11H2,1-5H3;2-5H,1H3,(H,8,9,10)/b25-19-,33-20-;21-15+,28-16-;. The molecule has 11 rings (SSSR count). The van der Waals surface area contributed by atoms with Crippen LogP contribution in [0.4, 0.5) is 11.4 Å². The van der Waals surface area contributed by atoms with Gasteiger partial charge in [0.05, 0.1) is 26.3 Å². The minimum Gasteiger partial charge on any atom is -0.338 e. The SMILES string of the molecule is CCCCCN1/C(=C/C2=CC(=C/c3sc4cc(C)ccc4c3CC)/CC(C)(C)C2)Sc2cc(C)ccc21.Cc1ccc(S(=O)(=O)O)cc1.Cc1ccc2c(c1)S/C(=C\C1=CC(=C/c3sc4cc(C)ccc4c3C)/CC(C)C1)N2C. The fraction of sp³-hybridized carbons (Fsp3) is 0.333. The summed E-state index contributed by atoms with van der Waals surface area (Å²) in [5, 5.41) is 5.56. The summed E-state index contributed by atoms with van der Waals surface area (Å²) in [4.78, 5) is 10.5. The number of hydrogen-bond donors (Lipinski definition) is 1. The maximum atomic E-state index is 10.5. The van der Waals surface area contributed by atoms with E-state index in [0.717, 1.165) is 44.2 Å². The van der Waals surface area contributed by atoms with Crippen LogP contribution in [0.1, 0.15) is 128 Å². The average Bonchev–Trinajstić information content (AvgIpc) is 4.24. The van der Waals surface area contributed by atoms with Gasteiger partial charge in [-0.1, -0.05) is 137 Å². The fourth-order valence-electron chi connectivity index (χ4n) is 11.2. The van der Waals surface area contributed by atoms with Gasteiger partial charge in [0.2, 0.25) is 0 Å². The molecule has 0 bridgehead atoms. The number of hydrogen-bond acceptors (Lipinski definition) is 8. The van der Waals surface area contributed by atoms with Crippen LogP contribution in [0.5, 0.6) is 0 Å². The first-order valence-corrected chi connectivity index (χ1v) is 32.7. The monoisotopic (exact) mass is 1140 g/mol. The van der Waals surface area contributed by atoms with Crippen LogP contribution in [0.2, 0.25) is 0 Å². The van der Waals surface area contributed by atoms with Crippen LogP contribution in [0.15, 0.2) is 168 Å². The number of thioether (sulfide) groups is 2. The predicted octanol–water partition coefficient (Wildman–Crippen LogP) is 20.7. The van der Waals surface area contributed by atoms with Crippen LogP contribution >= 0.6 is 46.2 Å². The molecule has 0 spiro atoms. The first-order valence-electron chi connectivity index (χ1n) is 28.0. The van der Waals surface area contributed by atoms with Crippen LogP contribution in [-0.2, 0) is 16.5 Å². The third-order valence-corrected chi connectivity index (χ3v) is 20.7. The Morgan fingerprint density at radius 1 is 0.620 bits per heavy atom. The van der Waals surface area contributed by atoms with E-state index in [2.05, 4.69) is 195 Å². The van der Waals surface area contributed by atoms with Crippen molar-refractivity contribution in [1.29, 1.82) is 0 Å². The molecule has 1 N–H and O–H groups in total. The molecule has 7 aromatic rings. The van der Waals surface area contributed by atoms with Gasteiger partial charge in [-0.05, 0) is 231 Å². The van der Waals surface area contributed by atoms with Crippen molar-refractivity contribution < 1.29 is 13.0 Å². The van der Waals surface area contributed by atoms with Gasteiger partial charge in [-0.15, -0.1) is 22.7 Å². The highest BCUT2D eigenvalue weighted by Crippen LogP contribution is 2.50. The van der Waals surface area contributed by atoms with Gasteiger partial charge in [-0.25, -0.2) is 0 Å². The Kier molecular flexibility index (Phi) is 18.3. The number of fused-ring (bicyclic) bond motifs is 4.